The van der Waals surface area contributed by atoms with Gasteiger partial charge in [-0.05, 0) is 29.9 Å². The minimum atomic E-state index is -0.148. The number of nitrogens with one attached hydrogen (secondary N) is 1. The van der Waals surface area contributed by atoms with Crippen LogP contribution in [-0.4, -0.2) is 38.7 Å². The Morgan fingerprint density at radius 1 is 0.967 bits per heavy atom. The van der Waals surface area contributed by atoms with E-state index in [0.29, 0.717) is 24.2 Å². The number of carbonyl (C=O) groups excluding carboxylic acids is 1. The van der Waals surface area contributed by atoms with Crippen molar-refractivity contribution in [3.05, 3.63) is 82.9 Å². The largest absolute Gasteiger partial charge is 0.345 e. The van der Waals surface area contributed by atoms with Crippen LogP contribution in [-0.2, 0) is 26.1 Å². The molecule has 0 spiro atoms. The first-order chi connectivity index (χ1) is 14.7. The van der Waals surface area contributed by atoms with Crippen molar-refractivity contribution in [1.29, 1.82) is 0 Å². The predicted octanol–water partition coefficient (Wildman–Crippen LogP) is 2.82. The lowest BCUT2D eigenvalue weighted by molar-refractivity contribution is 0.0932. The van der Waals surface area contributed by atoms with Crippen molar-refractivity contribution in [3.63, 3.8) is 0 Å². The van der Waals surface area contributed by atoms with Crippen molar-refractivity contribution < 1.29 is 4.79 Å². The monoisotopic (exact) mass is 401 g/mol. The zero-order chi connectivity index (χ0) is 20.5. The molecule has 1 aromatic heterocycles. The van der Waals surface area contributed by atoms with Crippen molar-refractivity contribution in [2.24, 2.45) is 11.8 Å². The summed E-state index contributed by atoms with van der Waals surface area (Å²) in [6, 6.07) is 18.7. The number of fused-ring (bicyclic) bond motifs is 2. The molecule has 6 heteroatoms. The van der Waals surface area contributed by atoms with Crippen LogP contribution in [0.1, 0.15) is 33.1 Å². The third-order valence-corrected chi connectivity index (χ3v) is 6.37. The summed E-state index contributed by atoms with van der Waals surface area (Å²) in [6.45, 7) is 6.57. The number of hydrogen-bond acceptors (Lipinski definition) is 4. The molecular formula is C24H27N5O. The van der Waals surface area contributed by atoms with Crippen LogP contribution in [0, 0.1) is 18.8 Å². The van der Waals surface area contributed by atoms with Crippen LogP contribution in [0.5, 0.6) is 0 Å². The fourth-order valence-corrected chi connectivity index (χ4v) is 4.73. The maximum atomic E-state index is 12.7. The van der Waals surface area contributed by atoms with E-state index in [9.17, 15) is 4.79 Å². The van der Waals surface area contributed by atoms with Gasteiger partial charge in [0.1, 0.15) is 5.82 Å². The molecule has 2 aromatic carbocycles. The molecule has 3 heterocycles. The highest BCUT2D eigenvalue weighted by Gasteiger charge is 2.39. The molecule has 30 heavy (non-hydrogen) atoms. The number of aryl methyl sites for hydroxylation is 1. The average Bonchev–Trinajstić information content (AvgIpc) is 3.35. The molecule has 3 aromatic rings. The van der Waals surface area contributed by atoms with Gasteiger partial charge in [0.05, 0.1) is 0 Å². The highest BCUT2D eigenvalue weighted by molar-refractivity contribution is 5.90. The van der Waals surface area contributed by atoms with E-state index in [1.54, 1.807) is 0 Å². The van der Waals surface area contributed by atoms with Gasteiger partial charge in [-0.3, -0.25) is 9.69 Å². The second kappa shape index (κ2) is 8.03. The molecule has 1 amide bonds. The minimum Gasteiger partial charge on any atom is -0.345 e. The first-order valence-corrected chi connectivity index (χ1v) is 10.7. The standard InChI is InChI=1S/C24H27N5O/c1-17-7-9-19(10-8-17)13-28-14-20-11-22-26-27-23(29(22)16-21(20)15-28)24(30)25-12-18-5-3-2-4-6-18/h2-10,20-21H,11-16H2,1H3,(H,25,30)/t20-,21+/m1/s1. The molecular weight excluding hydrogens is 374 g/mol. The number of amides is 1. The molecule has 0 aliphatic carbocycles. The Morgan fingerprint density at radius 3 is 2.53 bits per heavy atom. The number of carbonyl (C=O) groups is 1. The number of rotatable bonds is 5. The second-order valence-corrected chi connectivity index (χ2v) is 8.62. The quantitative estimate of drug-likeness (QED) is 0.714. The van der Waals surface area contributed by atoms with Crippen LogP contribution in [0.2, 0.25) is 0 Å². The van der Waals surface area contributed by atoms with Crippen LogP contribution in [0.25, 0.3) is 0 Å². The third-order valence-electron chi connectivity index (χ3n) is 6.37. The van der Waals surface area contributed by atoms with Gasteiger partial charge in [-0.15, -0.1) is 10.2 Å². The fraction of sp³-hybridized carbons (Fsp3) is 0.375. The highest BCUT2D eigenvalue weighted by atomic mass is 16.2. The van der Waals surface area contributed by atoms with Crippen molar-refractivity contribution in [2.45, 2.75) is 33.0 Å². The average molecular weight is 402 g/mol. The fourth-order valence-electron chi connectivity index (χ4n) is 4.73. The summed E-state index contributed by atoms with van der Waals surface area (Å²) in [6.07, 6.45) is 0.897. The van der Waals surface area contributed by atoms with Gasteiger partial charge in [-0.1, -0.05) is 60.2 Å². The summed E-state index contributed by atoms with van der Waals surface area (Å²) in [5.74, 6) is 2.37. The van der Waals surface area contributed by atoms with Gasteiger partial charge in [0.25, 0.3) is 5.91 Å². The Morgan fingerprint density at radius 2 is 1.73 bits per heavy atom. The summed E-state index contributed by atoms with van der Waals surface area (Å²) in [7, 11) is 0. The van der Waals surface area contributed by atoms with Gasteiger partial charge in [-0.2, -0.15) is 0 Å². The molecule has 0 saturated carbocycles. The molecule has 2 atom stereocenters. The van der Waals surface area contributed by atoms with Crippen LogP contribution in [0.4, 0.5) is 0 Å². The number of hydrogen-bond donors (Lipinski definition) is 1. The Labute approximate surface area is 176 Å². The molecule has 2 aliphatic rings. The van der Waals surface area contributed by atoms with Gasteiger partial charge in [-0.25, -0.2) is 0 Å². The number of likely N-dealkylation sites (tertiary alicyclic amines) is 1. The maximum Gasteiger partial charge on any atom is 0.289 e. The molecule has 1 fully saturated rings. The zero-order valence-electron chi connectivity index (χ0n) is 17.3. The predicted molar refractivity (Wildman–Crippen MR) is 115 cm³/mol. The Balaban J connectivity index is 1.23. The maximum absolute atomic E-state index is 12.7. The third kappa shape index (κ3) is 3.87. The molecule has 5 rings (SSSR count). The van der Waals surface area contributed by atoms with E-state index in [1.807, 2.05) is 34.9 Å². The van der Waals surface area contributed by atoms with Crippen LogP contribution in [0.3, 0.4) is 0 Å². The summed E-state index contributed by atoms with van der Waals surface area (Å²) in [5, 5.41) is 11.5. The lowest BCUT2D eigenvalue weighted by atomic mass is 9.89. The molecule has 0 unspecified atom stereocenters. The number of nitrogens with zero attached hydrogens (tertiary/aromatic N) is 4. The first kappa shape index (κ1) is 19.0. The van der Waals surface area contributed by atoms with Crippen molar-refractivity contribution >= 4 is 5.91 Å². The highest BCUT2D eigenvalue weighted by Crippen LogP contribution is 2.33. The molecule has 0 radical (unpaired) electrons. The number of benzene rings is 2. The van der Waals surface area contributed by atoms with Gasteiger partial charge in [0, 0.05) is 39.1 Å². The van der Waals surface area contributed by atoms with E-state index in [0.717, 1.165) is 44.0 Å². The Hall–Kier alpha value is -2.99. The lowest BCUT2D eigenvalue weighted by Gasteiger charge is -2.25. The molecule has 6 nitrogen and oxygen atoms in total. The van der Waals surface area contributed by atoms with E-state index >= 15 is 0 Å². The molecule has 2 aliphatic heterocycles. The normalized spacial score (nSPS) is 20.6. The van der Waals surface area contributed by atoms with Gasteiger partial charge in [0.2, 0.25) is 5.82 Å². The summed E-state index contributed by atoms with van der Waals surface area (Å²) in [5.41, 5.74) is 3.73. The Kier molecular flexibility index (Phi) is 5.09. The van der Waals surface area contributed by atoms with Gasteiger partial charge >= 0.3 is 0 Å². The van der Waals surface area contributed by atoms with Crippen LogP contribution >= 0.6 is 0 Å². The van der Waals surface area contributed by atoms with E-state index in [4.69, 9.17) is 0 Å². The van der Waals surface area contributed by atoms with E-state index in [2.05, 4.69) is 51.6 Å². The van der Waals surface area contributed by atoms with Crippen LogP contribution in [0.15, 0.2) is 54.6 Å². The summed E-state index contributed by atoms with van der Waals surface area (Å²) in [4.78, 5) is 15.3. The Bertz CT molecular complexity index is 1030. The van der Waals surface area contributed by atoms with Crippen molar-refractivity contribution in [3.8, 4) is 0 Å². The smallest absolute Gasteiger partial charge is 0.289 e. The van der Waals surface area contributed by atoms with Crippen molar-refractivity contribution in [2.75, 3.05) is 13.1 Å². The van der Waals surface area contributed by atoms with E-state index in [1.165, 1.54) is 11.1 Å². The second-order valence-electron chi connectivity index (χ2n) is 8.62. The SMILES string of the molecule is Cc1ccc(CN2C[C@H]3Cc4nnc(C(=O)NCc5ccccc5)n4C[C@@H]3C2)cc1. The topological polar surface area (TPSA) is 63.1 Å². The van der Waals surface area contributed by atoms with Crippen molar-refractivity contribution in [1.82, 2.24) is 25.0 Å². The summed E-state index contributed by atoms with van der Waals surface area (Å²) < 4.78 is 2.04. The molecule has 1 saturated heterocycles. The van der Waals surface area contributed by atoms with Gasteiger partial charge in [0.15, 0.2) is 0 Å². The number of aromatic nitrogens is 3. The summed E-state index contributed by atoms with van der Waals surface area (Å²) >= 11 is 0. The molecule has 0 bridgehead atoms. The lowest BCUT2D eigenvalue weighted by Crippen LogP contribution is -2.32. The molecule has 154 valence electrons. The van der Waals surface area contributed by atoms with Gasteiger partial charge < -0.3 is 9.88 Å². The van der Waals surface area contributed by atoms with E-state index in [-0.39, 0.29) is 5.91 Å². The zero-order valence-corrected chi connectivity index (χ0v) is 17.3. The van der Waals surface area contributed by atoms with E-state index < -0.39 is 0 Å². The minimum absolute atomic E-state index is 0.148. The van der Waals surface area contributed by atoms with Crippen LogP contribution < -0.4 is 5.32 Å². The first-order valence-electron chi connectivity index (χ1n) is 10.7. The molecule has 1 N–H and O–H groups in total.